The Morgan fingerprint density at radius 1 is 0.833 bits per heavy atom. The van der Waals surface area contributed by atoms with Crippen molar-refractivity contribution < 1.29 is 44.3 Å². The lowest BCUT2D eigenvalue weighted by molar-refractivity contribution is -0.389. The van der Waals surface area contributed by atoms with Gasteiger partial charge in [0.2, 0.25) is 0 Å². The molecule has 0 aromatic heterocycles. The minimum absolute atomic E-state index is 0.0534. The van der Waals surface area contributed by atoms with Crippen LogP contribution in [0.15, 0.2) is 36.4 Å². The molecular formula is C18H17F9N2O. The third-order valence-corrected chi connectivity index (χ3v) is 4.55. The number of benzene rings is 1. The average Bonchev–Trinajstić information content (AvgIpc) is 2.67. The van der Waals surface area contributed by atoms with Crippen molar-refractivity contribution in [2.45, 2.75) is 23.9 Å². The van der Waals surface area contributed by atoms with E-state index >= 15 is 0 Å². The number of nitrogens with zero attached hydrogens (tertiary/aromatic N) is 2. The molecule has 168 valence electrons. The quantitative estimate of drug-likeness (QED) is 0.606. The van der Waals surface area contributed by atoms with Crippen molar-refractivity contribution in [3.05, 3.63) is 42.0 Å². The van der Waals surface area contributed by atoms with E-state index in [4.69, 9.17) is 0 Å². The Hall–Kier alpha value is -2.24. The summed E-state index contributed by atoms with van der Waals surface area (Å²) in [5, 5.41) is 0. The Balaban J connectivity index is 1.99. The predicted octanol–water partition coefficient (Wildman–Crippen LogP) is 4.31. The summed E-state index contributed by atoms with van der Waals surface area (Å²) >= 11 is 0. The summed E-state index contributed by atoms with van der Waals surface area (Å²) in [5.41, 5.74) is 0.888. The van der Waals surface area contributed by atoms with Crippen LogP contribution in [0.4, 0.5) is 39.5 Å². The van der Waals surface area contributed by atoms with Gasteiger partial charge < -0.3 is 4.90 Å². The number of halogens is 9. The molecular weight excluding hydrogens is 431 g/mol. The summed E-state index contributed by atoms with van der Waals surface area (Å²) in [4.78, 5) is 13.5. The molecule has 0 atom stereocenters. The second-order valence-electron chi connectivity index (χ2n) is 6.63. The van der Waals surface area contributed by atoms with Crippen LogP contribution in [0.3, 0.4) is 0 Å². The van der Waals surface area contributed by atoms with Crippen LogP contribution in [-0.4, -0.2) is 72.4 Å². The van der Waals surface area contributed by atoms with Crippen LogP contribution < -0.4 is 0 Å². The van der Waals surface area contributed by atoms with E-state index in [1.807, 2.05) is 30.3 Å². The average molecular weight is 448 g/mol. The topological polar surface area (TPSA) is 23.6 Å². The second kappa shape index (κ2) is 8.48. The molecule has 0 spiro atoms. The van der Waals surface area contributed by atoms with Gasteiger partial charge in [0.15, 0.2) is 0 Å². The van der Waals surface area contributed by atoms with E-state index in [1.54, 1.807) is 17.1 Å². The molecule has 1 saturated heterocycles. The molecule has 1 aliphatic heterocycles. The standard InChI is InChI=1S/C18H17F9N2O/c19-15(20,16(21,22)17(23,24)18(25,26)27)14(30)29-11-9-28(10-12-29)8-4-7-13-5-2-1-3-6-13/h1-7H,8-12H2/b7-4+. The minimum Gasteiger partial charge on any atom is -0.335 e. The van der Waals surface area contributed by atoms with Crippen molar-refractivity contribution in [3.8, 4) is 0 Å². The van der Waals surface area contributed by atoms with Crippen molar-refractivity contribution in [3.63, 3.8) is 0 Å². The summed E-state index contributed by atoms with van der Waals surface area (Å²) in [6.07, 6.45) is -3.45. The summed E-state index contributed by atoms with van der Waals surface area (Å²) < 4.78 is 117. The molecule has 3 nitrogen and oxygen atoms in total. The third-order valence-electron chi connectivity index (χ3n) is 4.55. The van der Waals surface area contributed by atoms with Gasteiger partial charge in [0.1, 0.15) is 0 Å². The van der Waals surface area contributed by atoms with Gasteiger partial charge in [-0.3, -0.25) is 9.69 Å². The summed E-state index contributed by atoms with van der Waals surface area (Å²) in [6, 6.07) is 9.08. The van der Waals surface area contributed by atoms with Gasteiger partial charge in [0, 0.05) is 32.7 Å². The molecule has 1 heterocycles. The Labute approximate surface area is 165 Å². The molecule has 1 amide bonds. The molecule has 0 saturated carbocycles. The molecule has 30 heavy (non-hydrogen) atoms. The number of hydrogen-bond donors (Lipinski definition) is 0. The number of carbonyl (C=O) groups excluding carboxylic acids is 1. The van der Waals surface area contributed by atoms with E-state index in [2.05, 4.69) is 0 Å². The largest absolute Gasteiger partial charge is 0.460 e. The number of rotatable bonds is 6. The number of alkyl halides is 9. The van der Waals surface area contributed by atoms with E-state index in [1.165, 1.54) is 0 Å². The molecule has 1 fully saturated rings. The maximum Gasteiger partial charge on any atom is 0.460 e. The first-order valence-electron chi connectivity index (χ1n) is 8.65. The van der Waals surface area contributed by atoms with Crippen molar-refractivity contribution in [2.75, 3.05) is 32.7 Å². The van der Waals surface area contributed by atoms with Crippen LogP contribution in [0.1, 0.15) is 5.56 Å². The van der Waals surface area contributed by atoms with E-state index in [9.17, 15) is 44.3 Å². The fourth-order valence-corrected chi connectivity index (χ4v) is 2.74. The zero-order valence-corrected chi connectivity index (χ0v) is 15.3. The van der Waals surface area contributed by atoms with Gasteiger partial charge in [-0.15, -0.1) is 0 Å². The van der Waals surface area contributed by atoms with Gasteiger partial charge in [-0.1, -0.05) is 42.5 Å². The summed E-state index contributed by atoms with van der Waals surface area (Å²) in [6.45, 7) is -0.831. The zero-order chi connectivity index (χ0) is 22.8. The van der Waals surface area contributed by atoms with Gasteiger partial charge in [-0.25, -0.2) is 0 Å². The first-order valence-corrected chi connectivity index (χ1v) is 8.65. The Morgan fingerprint density at radius 2 is 1.37 bits per heavy atom. The maximum absolute atomic E-state index is 13.7. The van der Waals surface area contributed by atoms with E-state index < -0.39 is 42.9 Å². The molecule has 2 rings (SSSR count). The monoisotopic (exact) mass is 448 g/mol. The first kappa shape index (κ1) is 24.0. The fraction of sp³-hybridized carbons (Fsp3) is 0.500. The van der Waals surface area contributed by atoms with Gasteiger partial charge >= 0.3 is 23.9 Å². The molecule has 1 aromatic rings. The third kappa shape index (κ3) is 4.57. The van der Waals surface area contributed by atoms with Gasteiger partial charge in [-0.05, 0) is 5.56 Å². The van der Waals surface area contributed by atoms with Crippen LogP contribution in [0, 0.1) is 0 Å². The molecule has 12 heteroatoms. The smallest absolute Gasteiger partial charge is 0.335 e. The molecule has 0 bridgehead atoms. The number of piperazine rings is 1. The molecule has 0 radical (unpaired) electrons. The van der Waals surface area contributed by atoms with Crippen LogP contribution in [0.2, 0.25) is 0 Å². The number of hydrogen-bond acceptors (Lipinski definition) is 2. The minimum atomic E-state index is -7.08. The van der Waals surface area contributed by atoms with Gasteiger partial charge in [0.25, 0.3) is 5.91 Å². The second-order valence-corrected chi connectivity index (χ2v) is 6.63. The first-order chi connectivity index (χ1) is 13.7. The van der Waals surface area contributed by atoms with Crippen molar-refractivity contribution in [2.24, 2.45) is 0 Å². The Kier molecular flexibility index (Phi) is 6.79. The molecule has 1 aliphatic rings. The molecule has 0 aliphatic carbocycles. The highest BCUT2D eigenvalue weighted by atomic mass is 19.4. The van der Waals surface area contributed by atoms with Crippen LogP contribution in [0.25, 0.3) is 6.08 Å². The van der Waals surface area contributed by atoms with Crippen molar-refractivity contribution in [1.82, 2.24) is 9.80 Å². The lowest BCUT2D eigenvalue weighted by atomic mass is 10.0. The highest BCUT2D eigenvalue weighted by Crippen LogP contribution is 2.53. The highest BCUT2D eigenvalue weighted by molar-refractivity contribution is 5.85. The van der Waals surface area contributed by atoms with E-state index in [0.29, 0.717) is 6.54 Å². The van der Waals surface area contributed by atoms with E-state index in [0.717, 1.165) is 5.56 Å². The number of carbonyl (C=O) groups is 1. The summed E-state index contributed by atoms with van der Waals surface area (Å²) in [5.74, 6) is -23.0. The van der Waals surface area contributed by atoms with Crippen LogP contribution in [-0.2, 0) is 4.79 Å². The maximum atomic E-state index is 13.7. The normalized spacial score (nSPS) is 17.6. The van der Waals surface area contributed by atoms with Gasteiger partial charge in [0.05, 0.1) is 0 Å². The van der Waals surface area contributed by atoms with Gasteiger partial charge in [-0.2, -0.15) is 39.5 Å². The van der Waals surface area contributed by atoms with Crippen LogP contribution in [0.5, 0.6) is 0 Å². The van der Waals surface area contributed by atoms with E-state index in [-0.39, 0.29) is 18.0 Å². The molecule has 0 N–H and O–H groups in total. The molecule has 1 aromatic carbocycles. The molecule has 0 unspecified atom stereocenters. The predicted molar refractivity (Wildman–Crippen MR) is 89.4 cm³/mol. The van der Waals surface area contributed by atoms with Crippen molar-refractivity contribution >= 4 is 12.0 Å². The fourth-order valence-electron chi connectivity index (χ4n) is 2.74. The number of amides is 1. The zero-order valence-electron chi connectivity index (χ0n) is 15.3. The lowest BCUT2D eigenvalue weighted by Crippen LogP contribution is -2.66. The Bertz CT molecular complexity index is 755. The highest BCUT2D eigenvalue weighted by Gasteiger charge is 2.84. The van der Waals surface area contributed by atoms with Crippen molar-refractivity contribution in [1.29, 1.82) is 0 Å². The summed E-state index contributed by atoms with van der Waals surface area (Å²) in [7, 11) is 0. The van der Waals surface area contributed by atoms with Crippen LogP contribution >= 0.6 is 0 Å². The lowest BCUT2D eigenvalue weighted by Gasteiger charge is -2.38. The Morgan fingerprint density at radius 3 is 1.87 bits per heavy atom. The SMILES string of the molecule is O=C(N1CCN(C/C=C/c2ccccc2)CC1)C(F)(F)C(F)(F)C(F)(F)C(F)(F)F.